The molecule has 0 saturated heterocycles. The van der Waals surface area contributed by atoms with Crippen molar-refractivity contribution in [3.63, 3.8) is 0 Å². The van der Waals surface area contributed by atoms with E-state index in [9.17, 15) is 9.50 Å². The summed E-state index contributed by atoms with van der Waals surface area (Å²) in [5, 5.41) is 10.2. The fourth-order valence-electron chi connectivity index (χ4n) is 1.73. The molecule has 2 rings (SSSR count). The third-order valence-corrected chi connectivity index (χ3v) is 2.79. The molecule has 1 atom stereocenters. The van der Waals surface area contributed by atoms with Crippen molar-refractivity contribution in [3.05, 3.63) is 64.7 Å². The van der Waals surface area contributed by atoms with Crippen LogP contribution in [0, 0.1) is 19.7 Å². The number of aliphatic hydroxyl groups is 1. The topological polar surface area (TPSA) is 33.1 Å². The molecule has 0 bridgehead atoms. The van der Waals surface area contributed by atoms with Crippen molar-refractivity contribution in [2.75, 3.05) is 0 Å². The molecule has 1 N–H and O–H groups in total. The first-order valence-electron chi connectivity index (χ1n) is 5.44. The number of pyridine rings is 1. The van der Waals surface area contributed by atoms with Crippen LogP contribution in [0.3, 0.4) is 0 Å². The van der Waals surface area contributed by atoms with Crippen LogP contribution in [0.5, 0.6) is 0 Å². The normalized spacial score (nSPS) is 12.5. The van der Waals surface area contributed by atoms with Crippen molar-refractivity contribution in [2.45, 2.75) is 20.0 Å². The predicted molar refractivity (Wildman–Crippen MR) is 64.2 cm³/mol. The summed E-state index contributed by atoms with van der Waals surface area (Å²) in [6, 6.07) is 8.04. The summed E-state index contributed by atoms with van der Waals surface area (Å²) < 4.78 is 13.2. The molecule has 1 unspecified atom stereocenters. The van der Waals surface area contributed by atoms with Crippen molar-refractivity contribution in [1.82, 2.24) is 4.98 Å². The largest absolute Gasteiger partial charge is 0.384 e. The summed E-state index contributed by atoms with van der Waals surface area (Å²) in [6.07, 6.45) is 0.781. The lowest BCUT2D eigenvalue weighted by molar-refractivity contribution is 0.218. The lowest BCUT2D eigenvalue weighted by Crippen LogP contribution is -2.03. The summed E-state index contributed by atoms with van der Waals surface area (Å²) in [5.41, 5.74) is 3.00. The van der Waals surface area contributed by atoms with Crippen LogP contribution in [0.15, 0.2) is 36.5 Å². The molecule has 0 saturated carbocycles. The quantitative estimate of drug-likeness (QED) is 0.862. The number of aryl methyl sites for hydroxylation is 2. The lowest BCUT2D eigenvalue weighted by Gasteiger charge is -2.14. The third-order valence-electron chi connectivity index (χ3n) is 2.79. The number of halogens is 1. The maximum absolute atomic E-state index is 13.2. The van der Waals surface area contributed by atoms with E-state index in [4.69, 9.17) is 0 Å². The second-order valence-electron chi connectivity index (χ2n) is 4.14. The van der Waals surface area contributed by atoms with E-state index in [1.54, 1.807) is 18.3 Å². The lowest BCUT2D eigenvalue weighted by atomic mass is 9.98. The van der Waals surface area contributed by atoms with Crippen molar-refractivity contribution < 1.29 is 9.50 Å². The highest BCUT2D eigenvalue weighted by molar-refractivity contribution is 5.34. The summed E-state index contributed by atoms with van der Waals surface area (Å²) in [6.45, 7) is 3.73. The molecule has 0 aliphatic rings. The molecule has 0 radical (unpaired) electrons. The monoisotopic (exact) mass is 231 g/mol. The van der Waals surface area contributed by atoms with E-state index in [1.165, 1.54) is 12.1 Å². The van der Waals surface area contributed by atoms with Gasteiger partial charge >= 0.3 is 0 Å². The summed E-state index contributed by atoms with van der Waals surface area (Å²) in [4.78, 5) is 4.12. The molecule has 2 nitrogen and oxygen atoms in total. The molecule has 88 valence electrons. The van der Waals surface area contributed by atoms with Crippen molar-refractivity contribution in [1.29, 1.82) is 0 Å². The molecule has 0 aliphatic carbocycles. The van der Waals surface area contributed by atoms with Crippen LogP contribution < -0.4 is 0 Å². The molecule has 1 aromatic heterocycles. The van der Waals surface area contributed by atoms with Gasteiger partial charge in [-0.25, -0.2) is 4.39 Å². The molecular weight excluding hydrogens is 217 g/mol. The van der Waals surface area contributed by atoms with Gasteiger partial charge in [0.1, 0.15) is 11.9 Å². The Morgan fingerprint density at radius 1 is 1.18 bits per heavy atom. The first-order chi connectivity index (χ1) is 8.08. The molecule has 1 aromatic carbocycles. The van der Waals surface area contributed by atoms with Gasteiger partial charge in [-0.2, -0.15) is 0 Å². The van der Waals surface area contributed by atoms with E-state index >= 15 is 0 Å². The number of benzene rings is 1. The Morgan fingerprint density at radius 3 is 2.59 bits per heavy atom. The van der Waals surface area contributed by atoms with Gasteiger partial charge in [0.15, 0.2) is 0 Å². The van der Waals surface area contributed by atoms with Gasteiger partial charge in [-0.1, -0.05) is 12.1 Å². The Balaban J connectivity index is 2.39. The fraction of sp³-hybridized carbons (Fsp3) is 0.214. The Hall–Kier alpha value is -1.74. The minimum Gasteiger partial charge on any atom is -0.384 e. The second kappa shape index (κ2) is 4.63. The second-order valence-corrected chi connectivity index (χ2v) is 4.14. The van der Waals surface area contributed by atoms with Gasteiger partial charge in [0.05, 0.1) is 0 Å². The first kappa shape index (κ1) is 11.7. The van der Waals surface area contributed by atoms with Crippen molar-refractivity contribution in [3.8, 4) is 0 Å². The van der Waals surface area contributed by atoms with E-state index in [2.05, 4.69) is 4.98 Å². The fourth-order valence-corrected chi connectivity index (χ4v) is 1.73. The highest BCUT2D eigenvalue weighted by Gasteiger charge is 2.13. The zero-order valence-electron chi connectivity index (χ0n) is 9.81. The minimum absolute atomic E-state index is 0.343. The van der Waals surface area contributed by atoms with Gasteiger partial charge in [0, 0.05) is 17.5 Å². The molecular formula is C14H14FNO. The first-order valence-corrected chi connectivity index (χ1v) is 5.44. The summed E-state index contributed by atoms with van der Waals surface area (Å²) >= 11 is 0. The van der Waals surface area contributed by atoms with Crippen LogP contribution in [0.4, 0.5) is 4.39 Å². The highest BCUT2D eigenvalue weighted by atomic mass is 19.1. The zero-order chi connectivity index (χ0) is 12.4. The van der Waals surface area contributed by atoms with Gasteiger partial charge < -0.3 is 5.11 Å². The van der Waals surface area contributed by atoms with E-state index in [-0.39, 0.29) is 5.82 Å². The van der Waals surface area contributed by atoms with Gasteiger partial charge in [-0.05, 0) is 43.2 Å². The average Bonchev–Trinajstić information content (AvgIpc) is 2.32. The molecule has 0 spiro atoms. The van der Waals surface area contributed by atoms with Crippen LogP contribution in [0.1, 0.15) is 28.5 Å². The average molecular weight is 231 g/mol. The zero-order valence-corrected chi connectivity index (χ0v) is 9.81. The van der Waals surface area contributed by atoms with Crippen LogP contribution in [0.2, 0.25) is 0 Å². The number of hydrogen-bond acceptors (Lipinski definition) is 2. The number of hydrogen-bond donors (Lipinski definition) is 1. The summed E-state index contributed by atoms with van der Waals surface area (Å²) in [7, 11) is 0. The Kier molecular flexibility index (Phi) is 3.20. The molecule has 1 heterocycles. The standard InChI is InChI=1S/C14H14FNO/c1-9-3-6-12(15)7-13(9)14(17)11-5-4-10(2)16-8-11/h3-8,14,17H,1-2H3. The van der Waals surface area contributed by atoms with Crippen LogP contribution >= 0.6 is 0 Å². The van der Waals surface area contributed by atoms with Crippen molar-refractivity contribution in [2.24, 2.45) is 0 Å². The molecule has 3 heteroatoms. The van der Waals surface area contributed by atoms with Gasteiger partial charge in [0.2, 0.25) is 0 Å². The number of aromatic nitrogens is 1. The molecule has 0 aliphatic heterocycles. The number of aliphatic hydroxyl groups excluding tert-OH is 1. The van der Waals surface area contributed by atoms with Gasteiger partial charge in [0.25, 0.3) is 0 Å². The number of rotatable bonds is 2. The maximum atomic E-state index is 13.2. The molecule has 0 fully saturated rings. The van der Waals surface area contributed by atoms with Gasteiger partial charge in [-0.15, -0.1) is 0 Å². The molecule has 17 heavy (non-hydrogen) atoms. The van der Waals surface area contributed by atoms with Crippen molar-refractivity contribution >= 4 is 0 Å². The third kappa shape index (κ3) is 2.50. The van der Waals surface area contributed by atoms with Crippen LogP contribution in [-0.2, 0) is 0 Å². The van der Waals surface area contributed by atoms with E-state index < -0.39 is 6.10 Å². The van der Waals surface area contributed by atoms with Crippen LogP contribution in [-0.4, -0.2) is 10.1 Å². The van der Waals surface area contributed by atoms with Gasteiger partial charge in [-0.3, -0.25) is 4.98 Å². The highest BCUT2D eigenvalue weighted by Crippen LogP contribution is 2.24. The predicted octanol–water partition coefficient (Wildman–Crippen LogP) is 2.92. The molecule has 2 aromatic rings. The SMILES string of the molecule is Cc1ccc(C(O)c2cc(F)ccc2C)cn1. The minimum atomic E-state index is -0.834. The smallest absolute Gasteiger partial charge is 0.123 e. The molecule has 0 amide bonds. The van der Waals surface area contributed by atoms with E-state index in [0.29, 0.717) is 11.1 Å². The maximum Gasteiger partial charge on any atom is 0.123 e. The van der Waals surface area contributed by atoms with E-state index in [0.717, 1.165) is 11.3 Å². The number of nitrogens with zero attached hydrogens (tertiary/aromatic N) is 1. The van der Waals surface area contributed by atoms with Crippen LogP contribution in [0.25, 0.3) is 0 Å². The summed E-state index contributed by atoms with van der Waals surface area (Å²) in [5.74, 6) is -0.343. The Labute approximate surface area is 99.8 Å². The van der Waals surface area contributed by atoms with E-state index in [1.807, 2.05) is 19.9 Å². The Bertz CT molecular complexity index is 522. The Morgan fingerprint density at radius 2 is 1.94 bits per heavy atom.